The number of hydrogen-bond donors (Lipinski definition) is 1. The molecule has 144 valence electrons. The van der Waals surface area contributed by atoms with Crippen molar-refractivity contribution in [2.45, 2.75) is 46.5 Å². The molecule has 2 rings (SSSR count). The Morgan fingerprint density at radius 3 is 2.42 bits per heavy atom. The minimum Gasteiger partial charge on any atom is -0.376 e. The van der Waals surface area contributed by atoms with Crippen LogP contribution in [0.1, 0.15) is 56.8 Å². The molecule has 1 heterocycles. The maximum atomic E-state index is 12.7. The van der Waals surface area contributed by atoms with Gasteiger partial charge in [-0.2, -0.15) is 0 Å². The highest BCUT2D eigenvalue weighted by atomic mass is 16.2. The number of benzene rings is 1. The molecule has 1 N–H and O–H groups in total. The number of hydrogen-bond acceptors (Lipinski definition) is 3. The number of anilines is 1. The number of piperidine rings is 1. The fourth-order valence-corrected chi connectivity index (χ4v) is 3.35. The molecular weight excluding hydrogens is 326 g/mol. The molecule has 0 bridgehead atoms. The second kappa shape index (κ2) is 10.2. The lowest BCUT2D eigenvalue weighted by molar-refractivity contribution is -0.129. The zero-order valence-electron chi connectivity index (χ0n) is 16.5. The minimum absolute atomic E-state index is 0.0884. The number of nitrogens with one attached hydrogen (secondary N) is 1. The van der Waals surface area contributed by atoms with Crippen molar-refractivity contribution in [3.63, 3.8) is 0 Å². The quantitative estimate of drug-likeness (QED) is 0.771. The molecule has 1 aliphatic heterocycles. The van der Waals surface area contributed by atoms with Crippen molar-refractivity contribution >= 4 is 17.5 Å². The van der Waals surface area contributed by atoms with Gasteiger partial charge in [-0.1, -0.05) is 26.8 Å². The lowest BCUT2D eigenvalue weighted by Gasteiger charge is -2.30. The van der Waals surface area contributed by atoms with E-state index in [9.17, 15) is 9.59 Å². The molecule has 1 fully saturated rings. The van der Waals surface area contributed by atoms with Crippen molar-refractivity contribution in [3.05, 3.63) is 29.8 Å². The number of nitrogens with zero attached hydrogens (tertiary/aromatic N) is 2. The third-order valence-electron chi connectivity index (χ3n) is 4.96. The second-order valence-corrected chi connectivity index (χ2v) is 7.29. The average Bonchev–Trinajstić information content (AvgIpc) is 2.66. The SMILES string of the molecule is CCCN(CCC)C(=O)CNc1cccc(C(=O)N2CCC(C)CC2)c1. The average molecular weight is 360 g/mol. The van der Waals surface area contributed by atoms with Crippen molar-refractivity contribution in [3.8, 4) is 0 Å². The number of carbonyl (C=O) groups excluding carboxylic acids is 2. The molecule has 5 nitrogen and oxygen atoms in total. The molecule has 0 unspecified atom stereocenters. The molecule has 1 aromatic rings. The smallest absolute Gasteiger partial charge is 0.253 e. The molecule has 26 heavy (non-hydrogen) atoms. The normalized spacial score (nSPS) is 15.0. The molecule has 1 saturated heterocycles. The zero-order chi connectivity index (χ0) is 18.9. The third-order valence-corrected chi connectivity index (χ3v) is 4.96. The van der Waals surface area contributed by atoms with Crippen molar-refractivity contribution in [1.82, 2.24) is 9.80 Å². The van der Waals surface area contributed by atoms with Crippen LogP contribution in [0.25, 0.3) is 0 Å². The van der Waals surface area contributed by atoms with E-state index >= 15 is 0 Å². The number of amides is 2. The molecule has 1 aromatic carbocycles. The first-order valence-corrected chi connectivity index (χ1v) is 9.96. The Morgan fingerprint density at radius 1 is 1.15 bits per heavy atom. The predicted molar refractivity (Wildman–Crippen MR) is 106 cm³/mol. The van der Waals surface area contributed by atoms with Crippen LogP contribution in [-0.2, 0) is 4.79 Å². The highest BCUT2D eigenvalue weighted by Gasteiger charge is 2.21. The van der Waals surface area contributed by atoms with Crippen molar-refractivity contribution in [1.29, 1.82) is 0 Å². The third kappa shape index (κ3) is 5.75. The summed E-state index contributed by atoms with van der Waals surface area (Å²) in [6.45, 7) is 9.92. The topological polar surface area (TPSA) is 52.7 Å². The van der Waals surface area contributed by atoms with E-state index in [0.717, 1.165) is 57.5 Å². The van der Waals surface area contributed by atoms with Crippen molar-refractivity contribution in [2.75, 3.05) is 38.0 Å². The summed E-state index contributed by atoms with van der Waals surface area (Å²) in [4.78, 5) is 28.9. The fourth-order valence-electron chi connectivity index (χ4n) is 3.35. The first-order chi connectivity index (χ1) is 12.5. The van der Waals surface area contributed by atoms with Crippen LogP contribution < -0.4 is 5.32 Å². The van der Waals surface area contributed by atoms with Gasteiger partial charge in [-0.15, -0.1) is 0 Å². The number of likely N-dealkylation sites (tertiary alicyclic amines) is 1. The van der Waals surface area contributed by atoms with E-state index in [1.807, 2.05) is 34.1 Å². The molecule has 5 heteroatoms. The van der Waals surface area contributed by atoms with E-state index in [0.29, 0.717) is 11.5 Å². The zero-order valence-corrected chi connectivity index (χ0v) is 16.5. The van der Waals surface area contributed by atoms with Gasteiger partial charge in [-0.05, 0) is 49.8 Å². The Hall–Kier alpha value is -2.04. The Balaban J connectivity index is 1.94. The van der Waals surface area contributed by atoms with Crippen LogP contribution in [0, 0.1) is 5.92 Å². The van der Waals surface area contributed by atoms with Gasteiger partial charge in [0, 0.05) is 37.4 Å². The first-order valence-electron chi connectivity index (χ1n) is 9.96. The van der Waals surface area contributed by atoms with Crippen LogP contribution in [0.15, 0.2) is 24.3 Å². The van der Waals surface area contributed by atoms with E-state index in [2.05, 4.69) is 26.1 Å². The lowest BCUT2D eigenvalue weighted by Crippen LogP contribution is -2.38. The van der Waals surface area contributed by atoms with Gasteiger partial charge < -0.3 is 15.1 Å². The minimum atomic E-state index is 0.0884. The van der Waals surface area contributed by atoms with E-state index < -0.39 is 0 Å². The molecule has 0 aliphatic carbocycles. The Labute approximate surface area is 157 Å². The van der Waals surface area contributed by atoms with Crippen molar-refractivity contribution < 1.29 is 9.59 Å². The van der Waals surface area contributed by atoms with Crippen LogP contribution in [-0.4, -0.2) is 54.3 Å². The van der Waals surface area contributed by atoms with Crippen LogP contribution >= 0.6 is 0 Å². The monoisotopic (exact) mass is 359 g/mol. The number of carbonyl (C=O) groups is 2. The van der Waals surface area contributed by atoms with E-state index in [1.54, 1.807) is 0 Å². The fraction of sp³-hybridized carbons (Fsp3) is 0.619. The standard InChI is InChI=1S/C21H33N3O2/c1-4-11-23(12-5-2)20(25)16-22-19-8-6-7-18(15-19)21(26)24-13-9-17(3)10-14-24/h6-8,15,17,22H,4-5,9-14,16H2,1-3H3. The van der Waals surface area contributed by atoms with Crippen LogP contribution in [0.5, 0.6) is 0 Å². The summed E-state index contributed by atoms with van der Waals surface area (Å²) in [5, 5.41) is 3.19. The number of rotatable bonds is 8. The molecule has 0 saturated carbocycles. The van der Waals surface area contributed by atoms with Gasteiger partial charge in [-0.3, -0.25) is 9.59 Å². The summed E-state index contributed by atoms with van der Waals surface area (Å²) in [6.07, 6.45) is 4.07. The molecule has 0 radical (unpaired) electrons. The molecular formula is C21H33N3O2. The Bertz CT molecular complexity index is 589. The van der Waals surface area contributed by atoms with Gasteiger partial charge in [0.15, 0.2) is 0 Å². The van der Waals surface area contributed by atoms with Gasteiger partial charge in [-0.25, -0.2) is 0 Å². The Kier molecular flexibility index (Phi) is 7.95. The Morgan fingerprint density at radius 2 is 1.81 bits per heavy atom. The molecule has 2 amide bonds. The van der Waals surface area contributed by atoms with Gasteiger partial charge >= 0.3 is 0 Å². The first kappa shape index (κ1) is 20.3. The lowest BCUT2D eigenvalue weighted by atomic mass is 9.98. The highest BCUT2D eigenvalue weighted by molar-refractivity contribution is 5.95. The van der Waals surface area contributed by atoms with Crippen LogP contribution in [0.4, 0.5) is 5.69 Å². The van der Waals surface area contributed by atoms with Crippen LogP contribution in [0.2, 0.25) is 0 Å². The molecule has 0 aromatic heterocycles. The van der Waals surface area contributed by atoms with Crippen LogP contribution in [0.3, 0.4) is 0 Å². The molecule has 1 aliphatic rings. The summed E-state index contributed by atoms with van der Waals surface area (Å²) >= 11 is 0. The summed E-state index contributed by atoms with van der Waals surface area (Å²) in [5.74, 6) is 0.896. The van der Waals surface area contributed by atoms with E-state index in [1.165, 1.54) is 0 Å². The summed E-state index contributed by atoms with van der Waals surface area (Å²) in [7, 11) is 0. The maximum Gasteiger partial charge on any atom is 0.253 e. The maximum absolute atomic E-state index is 12.7. The second-order valence-electron chi connectivity index (χ2n) is 7.29. The molecule has 0 atom stereocenters. The summed E-state index contributed by atoms with van der Waals surface area (Å²) in [5.41, 5.74) is 1.51. The predicted octanol–water partition coefficient (Wildman–Crippen LogP) is 3.62. The van der Waals surface area contributed by atoms with Gasteiger partial charge in [0.2, 0.25) is 5.91 Å². The summed E-state index contributed by atoms with van der Waals surface area (Å²) in [6, 6.07) is 7.50. The largest absolute Gasteiger partial charge is 0.376 e. The summed E-state index contributed by atoms with van der Waals surface area (Å²) < 4.78 is 0. The van der Waals surface area contributed by atoms with Crippen molar-refractivity contribution in [2.24, 2.45) is 5.92 Å². The highest BCUT2D eigenvalue weighted by Crippen LogP contribution is 2.19. The van der Waals surface area contributed by atoms with Gasteiger partial charge in [0.1, 0.15) is 0 Å². The van der Waals surface area contributed by atoms with Gasteiger partial charge in [0.05, 0.1) is 6.54 Å². The molecule has 0 spiro atoms. The van der Waals surface area contributed by atoms with Gasteiger partial charge in [0.25, 0.3) is 5.91 Å². The van der Waals surface area contributed by atoms with E-state index in [4.69, 9.17) is 0 Å². The van der Waals surface area contributed by atoms with E-state index in [-0.39, 0.29) is 18.4 Å².